The minimum atomic E-state index is -0.733. The molecule has 0 spiro atoms. The number of allylic oxidation sites excluding steroid dienone is 1. The summed E-state index contributed by atoms with van der Waals surface area (Å²) in [5, 5.41) is 14.9. The van der Waals surface area contributed by atoms with Crippen LogP contribution in [0.1, 0.15) is 18.5 Å². The van der Waals surface area contributed by atoms with Crippen LogP contribution < -0.4 is 5.32 Å². The number of carboxylic acid groups (broad SMARTS) is 1. The van der Waals surface area contributed by atoms with Crippen molar-refractivity contribution in [3.8, 4) is 0 Å². The first-order valence-electron chi connectivity index (χ1n) is 7.19. The predicted molar refractivity (Wildman–Crippen MR) is 81.9 cm³/mol. The van der Waals surface area contributed by atoms with Crippen molar-refractivity contribution < 1.29 is 9.90 Å². The molecule has 1 aromatic carbocycles. The first kappa shape index (κ1) is 13.8. The van der Waals surface area contributed by atoms with Gasteiger partial charge in [-0.2, -0.15) is 0 Å². The lowest BCUT2D eigenvalue weighted by Crippen LogP contribution is -2.40. The van der Waals surface area contributed by atoms with Crippen molar-refractivity contribution in [1.82, 2.24) is 10.3 Å². The van der Waals surface area contributed by atoms with Gasteiger partial charge < -0.3 is 10.4 Å². The molecule has 21 heavy (non-hydrogen) atoms. The Balaban J connectivity index is 1.70. The second-order valence-electron chi connectivity index (χ2n) is 5.40. The summed E-state index contributed by atoms with van der Waals surface area (Å²) < 4.78 is 0. The Morgan fingerprint density at radius 1 is 1.24 bits per heavy atom. The lowest BCUT2D eigenvalue weighted by Gasteiger charge is -2.26. The molecule has 2 aromatic rings. The van der Waals surface area contributed by atoms with Crippen LogP contribution in [-0.2, 0) is 11.3 Å². The van der Waals surface area contributed by atoms with Crippen LogP contribution in [0, 0.1) is 5.92 Å². The topological polar surface area (TPSA) is 62.2 Å². The molecular formula is C17H18N2O2. The van der Waals surface area contributed by atoms with Gasteiger partial charge >= 0.3 is 5.97 Å². The average Bonchev–Trinajstić information content (AvgIpc) is 2.53. The lowest BCUT2D eigenvalue weighted by atomic mass is 9.89. The molecule has 1 aliphatic carbocycles. The smallest absolute Gasteiger partial charge is 0.308 e. The van der Waals surface area contributed by atoms with Crippen LogP contribution in [0.25, 0.3) is 10.8 Å². The molecule has 0 amide bonds. The monoisotopic (exact) mass is 282 g/mol. The van der Waals surface area contributed by atoms with E-state index in [2.05, 4.69) is 22.4 Å². The van der Waals surface area contributed by atoms with Crippen LogP contribution in [0.5, 0.6) is 0 Å². The zero-order valence-electron chi connectivity index (χ0n) is 11.7. The molecular weight excluding hydrogens is 264 g/mol. The van der Waals surface area contributed by atoms with Crippen LogP contribution in [0.2, 0.25) is 0 Å². The van der Waals surface area contributed by atoms with Gasteiger partial charge in [0, 0.05) is 24.2 Å². The van der Waals surface area contributed by atoms with Crippen molar-refractivity contribution in [2.24, 2.45) is 5.92 Å². The molecule has 1 aliphatic rings. The van der Waals surface area contributed by atoms with E-state index in [1.165, 1.54) is 0 Å². The van der Waals surface area contributed by atoms with Crippen molar-refractivity contribution in [2.75, 3.05) is 0 Å². The number of rotatable bonds is 4. The fraction of sp³-hybridized carbons (Fsp3) is 0.294. The van der Waals surface area contributed by atoms with Gasteiger partial charge in [0.25, 0.3) is 0 Å². The first-order valence-corrected chi connectivity index (χ1v) is 7.19. The Kier molecular flexibility index (Phi) is 3.97. The molecule has 0 aliphatic heterocycles. The molecule has 0 saturated carbocycles. The van der Waals surface area contributed by atoms with Crippen LogP contribution >= 0.6 is 0 Å². The number of carboxylic acids is 1. The standard InChI is InChI=1S/C17H18N2O2/c20-17(21)15-7-3-4-8-16(15)19-11-14-9-12-5-1-2-6-13(12)10-18-14/h1-6,9-10,15-16,19H,7-8,11H2,(H,20,21)/t15-,16+/m1/s1. The summed E-state index contributed by atoms with van der Waals surface area (Å²) in [5.74, 6) is -1.08. The number of benzene rings is 1. The van der Waals surface area contributed by atoms with Gasteiger partial charge in [0.05, 0.1) is 11.6 Å². The molecule has 0 unspecified atom stereocenters. The summed E-state index contributed by atoms with van der Waals surface area (Å²) in [6.07, 6.45) is 7.21. The summed E-state index contributed by atoms with van der Waals surface area (Å²) in [6, 6.07) is 10.1. The highest BCUT2D eigenvalue weighted by Crippen LogP contribution is 2.20. The molecule has 108 valence electrons. The van der Waals surface area contributed by atoms with Crippen molar-refractivity contribution in [2.45, 2.75) is 25.4 Å². The van der Waals surface area contributed by atoms with E-state index in [1.54, 1.807) is 0 Å². The Morgan fingerprint density at radius 3 is 2.81 bits per heavy atom. The van der Waals surface area contributed by atoms with Gasteiger partial charge in [0.2, 0.25) is 0 Å². The molecule has 0 saturated heterocycles. The van der Waals surface area contributed by atoms with E-state index in [0.29, 0.717) is 13.0 Å². The average molecular weight is 282 g/mol. The summed E-state index contributed by atoms with van der Waals surface area (Å²) in [4.78, 5) is 15.7. The normalized spacial score (nSPS) is 21.5. The zero-order chi connectivity index (χ0) is 14.7. The number of aliphatic carboxylic acids is 1. The van der Waals surface area contributed by atoms with E-state index in [1.807, 2.05) is 36.5 Å². The quantitative estimate of drug-likeness (QED) is 0.846. The first-order chi connectivity index (χ1) is 10.2. The maximum Gasteiger partial charge on any atom is 0.308 e. The molecule has 0 radical (unpaired) electrons. The fourth-order valence-corrected chi connectivity index (χ4v) is 2.77. The number of aromatic nitrogens is 1. The highest BCUT2D eigenvalue weighted by atomic mass is 16.4. The number of hydrogen-bond acceptors (Lipinski definition) is 3. The Morgan fingerprint density at radius 2 is 2.00 bits per heavy atom. The van der Waals surface area contributed by atoms with E-state index >= 15 is 0 Å². The zero-order valence-corrected chi connectivity index (χ0v) is 11.7. The summed E-state index contributed by atoms with van der Waals surface area (Å²) >= 11 is 0. The Bertz CT molecular complexity index is 681. The van der Waals surface area contributed by atoms with Crippen LogP contribution in [0.15, 0.2) is 48.7 Å². The minimum Gasteiger partial charge on any atom is -0.481 e. The lowest BCUT2D eigenvalue weighted by molar-refractivity contribution is -0.142. The third-order valence-corrected chi connectivity index (χ3v) is 3.98. The maximum atomic E-state index is 11.3. The van der Waals surface area contributed by atoms with Crippen molar-refractivity contribution in [3.05, 3.63) is 54.4 Å². The Hall–Kier alpha value is -2.20. The molecule has 2 N–H and O–H groups in total. The number of fused-ring (bicyclic) bond motifs is 1. The molecule has 4 heteroatoms. The summed E-state index contributed by atoms with van der Waals surface area (Å²) in [7, 11) is 0. The van der Waals surface area contributed by atoms with Crippen LogP contribution in [-0.4, -0.2) is 22.1 Å². The Labute approximate surface area is 123 Å². The third kappa shape index (κ3) is 3.11. The second-order valence-corrected chi connectivity index (χ2v) is 5.40. The van der Waals surface area contributed by atoms with E-state index in [-0.39, 0.29) is 12.0 Å². The van der Waals surface area contributed by atoms with Gasteiger partial charge in [-0.15, -0.1) is 0 Å². The second kappa shape index (κ2) is 6.06. The molecule has 0 fully saturated rings. The fourth-order valence-electron chi connectivity index (χ4n) is 2.77. The number of nitrogens with one attached hydrogen (secondary N) is 1. The van der Waals surface area contributed by atoms with Crippen LogP contribution in [0.4, 0.5) is 0 Å². The van der Waals surface area contributed by atoms with Gasteiger partial charge in [0.15, 0.2) is 0 Å². The number of carbonyl (C=O) groups is 1. The third-order valence-electron chi connectivity index (χ3n) is 3.98. The van der Waals surface area contributed by atoms with Gasteiger partial charge in [-0.25, -0.2) is 0 Å². The minimum absolute atomic E-state index is 0.0271. The predicted octanol–water partition coefficient (Wildman–Crippen LogP) is 2.74. The van der Waals surface area contributed by atoms with E-state index in [9.17, 15) is 9.90 Å². The molecule has 2 atom stereocenters. The molecule has 3 rings (SSSR count). The van der Waals surface area contributed by atoms with Crippen molar-refractivity contribution in [3.63, 3.8) is 0 Å². The SMILES string of the molecule is O=C(O)[C@@H]1CC=CC[C@@H]1NCc1cc2ccccc2cn1. The van der Waals surface area contributed by atoms with E-state index in [4.69, 9.17) is 0 Å². The molecule has 0 bridgehead atoms. The summed E-state index contributed by atoms with van der Waals surface area (Å²) in [5.41, 5.74) is 0.937. The highest BCUT2D eigenvalue weighted by Gasteiger charge is 2.28. The number of hydrogen-bond donors (Lipinski definition) is 2. The van der Waals surface area contributed by atoms with Gasteiger partial charge in [-0.05, 0) is 24.3 Å². The molecule has 4 nitrogen and oxygen atoms in total. The van der Waals surface area contributed by atoms with Crippen molar-refractivity contribution in [1.29, 1.82) is 0 Å². The number of pyridine rings is 1. The number of nitrogens with zero attached hydrogens (tertiary/aromatic N) is 1. The highest BCUT2D eigenvalue weighted by molar-refractivity contribution is 5.81. The summed E-state index contributed by atoms with van der Waals surface area (Å²) in [6.45, 7) is 0.590. The van der Waals surface area contributed by atoms with Crippen molar-refractivity contribution >= 4 is 16.7 Å². The van der Waals surface area contributed by atoms with Gasteiger partial charge in [-0.3, -0.25) is 9.78 Å². The van der Waals surface area contributed by atoms with E-state index < -0.39 is 5.97 Å². The molecule has 1 aromatic heterocycles. The van der Waals surface area contributed by atoms with Gasteiger partial charge in [0.1, 0.15) is 0 Å². The molecule has 1 heterocycles. The maximum absolute atomic E-state index is 11.3. The largest absolute Gasteiger partial charge is 0.481 e. The van der Waals surface area contributed by atoms with Gasteiger partial charge in [-0.1, -0.05) is 36.4 Å². The van der Waals surface area contributed by atoms with E-state index in [0.717, 1.165) is 22.9 Å². The van der Waals surface area contributed by atoms with Crippen LogP contribution in [0.3, 0.4) is 0 Å².